The zero-order chi connectivity index (χ0) is 19.7. The average molecular weight is 391 g/mol. The molecule has 0 saturated heterocycles. The number of pyridine rings is 1. The fraction of sp³-hybridized carbons (Fsp3) is 0.368. The molecular formula is C19H25N3O4S. The number of methoxy groups -OCH3 is 1. The molecule has 1 aromatic carbocycles. The molecular weight excluding hydrogens is 366 g/mol. The van der Waals surface area contributed by atoms with Crippen molar-refractivity contribution >= 4 is 15.9 Å². The third-order valence-corrected chi connectivity index (χ3v) is 5.26. The summed E-state index contributed by atoms with van der Waals surface area (Å²) in [5.74, 6) is 0.593. The lowest BCUT2D eigenvalue weighted by Gasteiger charge is -2.19. The van der Waals surface area contributed by atoms with Crippen molar-refractivity contribution in [1.29, 1.82) is 0 Å². The highest BCUT2D eigenvalue weighted by Crippen LogP contribution is 2.12. The van der Waals surface area contributed by atoms with Crippen molar-refractivity contribution in [3.63, 3.8) is 0 Å². The molecule has 0 radical (unpaired) electrons. The van der Waals surface area contributed by atoms with Crippen LogP contribution < -0.4 is 10.1 Å². The van der Waals surface area contributed by atoms with Crippen LogP contribution in [0.25, 0.3) is 0 Å². The van der Waals surface area contributed by atoms with Crippen LogP contribution in [0.5, 0.6) is 5.75 Å². The Morgan fingerprint density at radius 3 is 2.67 bits per heavy atom. The first-order valence-electron chi connectivity index (χ1n) is 8.62. The first kappa shape index (κ1) is 20.9. The number of nitrogens with one attached hydrogen (secondary N) is 1. The van der Waals surface area contributed by atoms with Gasteiger partial charge in [-0.3, -0.25) is 9.78 Å². The highest BCUT2D eigenvalue weighted by Gasteiger charge is 2.18. The Labute approximate surface area is 160 Å². The predicted octanol–water partition coefficient (Wildman–Crippen LogP) is 1.60. The number of rotatable bonds is 10. The molecule has 0 aliphatic rings. The van der Waals surface area contributed by atoms with Gasteiger partial charge >= 0.3 is 0 Å². The maximum Gasteiger partial charge on any atom is 0.221 e. The number of hydrogen-bond acceptors (Lipinski definition) is 5. The molecule has 0 unspecified atom stereocenters. The molecule has 0 fully saturated rings. The van der Waals surface area contributed by atoms with Crippen molar-refractivity contribution < 1.29 is 17.9 Å². The number of amides is 1. The molecule has 0 aliphatic carbocycles. The van der Waals surface area contributed by atoms with Crippen molar-refractivity contribution in [1.82, 2.24) is 14.6 Å². The van der Waals surface area contributed by atoms with Gasteiger partial charge in [0.2, 0.25) is 15.9 Å². The molecule has 0 bridgehead atoms. The highest BCUT2D eigenvalue weighted by molar-refractivity contribution is 7.88. The molecule has 7 nitrogen and oxygen atoms in total. The number of ether oxygens (including phenoxy) is 1. The number of hydrogen-bond donors (Lipinski definition) is 1. The standard InChI is InChI=1S/C19H25N3O4S/c1-26-18-7-3-5-16(13-18)8-11-21-19(23)9-12-22(27(2,24)25)15-17-6-4-10-20-14-17/h3-7,10,13-14H,8-9,11-12,15H2,1-2H3,(H,21,23). The van der Waals surface area contributed by atoms with Gasteiger partial charge in [-0.2, -0.15) is 4.31 Å². The summed E-state index contributed by atoms with van der Waals surface area (Å²) < 4.78 is 30.4. The maximum absolute atomic E-state index is 12.1. The summed E-state index contributed by atoms with van der Waals surface area (Å²) in [7, 11) is -1.81. The van der Waals surface area contributed by atoms with E-state index in [0.717, 1.165) is 23.1 Å². The minimum absolute atomic E-state index is 0.103. The zero-order valence-corrected chi connectivity index (χ0v) is 16.4. The monoisotopic (exact) mass is 391 g/mol. The van der Waals surface area contributed by atoms with E-state index in [-0.39, 0.29) is 25.4 Å². The number of carbonyl (C=O) groups is 1. The van der Waals surface area contributed by atoms with Crippen molar-refractivity contribution in [2.45, 2.75) is 19.4 Å². The lowest BCUT2D eigenvalue weighted by atomic mass is 10.1. The second-order valence-corrected chi connectivity index (χ2v) is 8.14. The maximum atomic E-state index is 12.1. The number of benzene rings is 1. The zero-order valence-electron chi connectivity index (χ0n) is 15.6. The van der Waals surface area contributed by atoms with Gasteiger partial charge in [0, 0.05) is 38.4 Å². The van der Waals surface area contributed by atoms with Crippen LogP contribution in [0, 0.1) is 0 Å². The van der Waals surface area contributed by atoms with Crippen LogP contribution in [0.3, 0.4) is 0 Å². The molecule has 0 aliphatic heterocycles. The second kappa shape index (κ2) is 10.0. The first-order chi connectivity index (χ1) is 12.9. The van der Waals surface area contributed by atoms with Gasteiger partial charge in [0.25, 0.3) is 0 Å². The van der Waals surface area contributed by atoms with E-state index in [9.17, 15) is 13.2 Å². The molecule has 146 valence electrons. The Morgan fingerprint density at radius 1 is 1.22 bits per heavy atom. The van der Waals surface area contributed by atoms with E-state index in [1.807, 2.05) is 24.3 Å². The molecule has 2 rings (SSSR count). The van der Waals surface area contributed by atoms with E-state index in [0.29, 0.717) is 13.0 Å². The summed E-state index contributed by atoms with van der Waals surface area (Å²) in [6, 6.07) is 11.2. The smallest absolute Gasteiger partial charge is 0.221 e. The molecule has 1 aromatic heterocycles. The van der Waals surface area contributed by atoms with Crippen LogP contribution in [0.15, 0.2) is 48.8 Å². The van der Waals surface area contributed by atoms with Gasteiger partial charge in [-0.15, -0.1) is 0 Å². The third-order valence-electron chi connectivity index (χ3n) is 4.01. The lowest BCUT2D eigenvalue weighted by molar-refractivity contribution is -0.121. The minimum atomic E-state index is -3.42. The quantitative estimate of drug-likeness (QED) is 0.665. The molecule has 2 aromatic rings. The summed E-state index contributed by atoms with van der Waals surface area (Å²) in [5, 5.41) is 2.83. The minimum Gasteiger partial charge on any atom is -0.497 e. The third kappa shape index (κ3) is 7.36. The van der Waals surface area contributed by atoms with Crippen LogP contribution in [0.4, 0.5) is 0 Å². The Bertz CT molecular complexity index is 841. The molecule has 0 saturated carbocycles. The van der Waals surface area contributed by atoms with Gasteiger partial charge in [0.1, 0.15) is 5.75 Å². The van der Waals surface area contributed by atoms with Crippen molar-refractivity contribution in [2.24, 2.45) is 0 Å². The Balaban J connectivity index is 1.81. The number of nitrogens with zero attached hydrogens (tertiary/aromatic N) is 2. The first-order valence-corrected chi connectivity index (χ1v) is 10.5. The summed E-state index contributed by atoms with van der Waals surface area (Å²) in [6.45, 7) is 0.802. The van der Waals surface area contributed by atoms with Crippen LogP contribution in [-0.4, -0.2) is 50.1 Å². The molecule has 27 heavy (non-hydrogen) atoms. The van der Waals surface area contributed by atoms with Gasteiger partial charge in [-0.05, 0) is 35.7 Å². The lowest BCUT2D eigenvalue weighted by Crippen LogP contribution is -2.34. The van der Waals surface area contributed by atoms with E-state index in [4.69, 9.17) is 4.74 Å². The second-order valence-electron chi connectivity index (χ2n) is 6.16. The van der Waals surface area contributed by atoms with Gasteiger partial charge in [0.15, 0.2) is 0 Å². The van der Waals surface area contributed by atoms with E-state index in [1.54, 1.807) is 31.6 Å². The molecule has 0 atom stereocenters. The van der Waals surface area contributed by atoms with E-state index in [2.05, 4.69) is 10.3 Å². The number of sulfonamides is 1. The normalized spacial score (nSPS) is 11.4. The number of carbonyl (C=O) groups excluding carboxylic acids is 1. The summed E-state index contributed by atoms with van der Waals surface area (Å²) in [4.78, 5) is 16.1. The van der Waals surface area contributed by atoms with Crippen molar-refractivity contribution in [3.8, 4) is 5.75 Å². The molecule has 1 amide bonds. The molecule has 8 heteroatoms. The predicted molar refractivity (Wildman–Crippen MR) is 104 cm³/mol. The summed E-state index contributed by atoms with van der Waals surface area (Å²) in [5.41, 5.74) is 1.84. The molecule has 0 spiro atoms. The topological polar surface area (TPSA) is 88.6 Å². The van der Waals surface area contributed by atoms with Crippen molar-refractivity contribution in [3.05, 3.63) is 59.9 Å². The molecule has 1 N–H and O–H groups in total. The van der Waals surface area contributed by atoms with Crippen LogP contribution >= 0.6 is 0 Å². The Hall–Kier alpha value is -2.45. The van der Waals surface area contributed by atoms with Gasteiger partial charge < -0.3 is 10.1 Å². The van der Waals surface area contributed by atoms with Gasteiger partial charge in [0.05, 0.1) is 13.4 Å². The van der Waals surface area contributed by atoms with E-state index in [1.165, 1.54) is 4.31 Å². The van der Waals surface area contributed by atoms with Crippen molar-refractivity contribution in [2.75, 3.05) is 26.5 Å². The molecule has 1 heterocycles. The summed E-state index contributed by atoms with van der Waals surface area (Å²) in [6.07, 6.45) is 5.17. The number of aromatic nitrogens is 1. The fourth-order valence-corrected chi connectivity index (χ4v) is 3.35. The largest absolute Gasteiger partial charge is 0.497 e. The SMILES string of the molecule is COc1cccc(CCNC(=O)CCN(Cc2cccnc2)S(C)(=O)=O)c1. The fourth-order valence-electron chi connectivity index (χ4n) is 2.55. The highest BCUT2D eigenvalue weighted by atomic mass is 32.2. The summed E-state index contributed by atoms with van der Waals surface area (Å²) >= 11 is 0. The van der Waals surface area contributed by atoms with Crippen LogP contribution in [-0.2, 0) is 27.8 Å². The van der Waals surface area contributed by atoms with Gasteiger partial charge in [-0.25, -0.2) is 8.42 Å². The van der Waals surface area contributed by atoms with Gasteiger partial charge in [-0.1, -0.05) is 18.2 Å². The average Bonchev–Trinajstić information content (AvgIpc) is 2.65. The van der Waals surface area contributed by atoms with Crippen LogP contribution in [0.1, 0.15) is 17.5 Å². The van der Waals surface area contributed by atoms with E-state index >= 15 is 0 Å². The Morgan fingerprint density at radius 2 is 2.00 bits per heavy atom. The van der Waals surface area contributed by atoms with Crippen LogP contribution in [0.2, 0.25) is 0 Å². The Kier molecular flexibility index (Phi) is 7.75. The van der Waals surface area contributed by atoms with E-state index < -0.39 is 10.0 Å².